The average Bonchev–Trinajstić information content (AvgIpc) is 2.70. The summed E-state index contributed by atoms with van der Waals surface area (Å²) in [6.45, 7) is 1.41. The number of hydrogen-bond donors (Lipinski definition) is 0. The summed E-state index contributed by atoms with van der Waals surface area (Å²) in [6.07, 6.45) is 0. The van der Waals surface area contributed by atoms with Crippen molar-refractivity contribution in [1.82, 2.24) is 8.61 Å². The lowest BCUT2D eigenvalue weighted by Crippen LogP contribution is -2.38. The van der Waals surface area contributed by atoms with Gasteiger partial charge in [-0.2, -0.15) is 8.61 Å². The molecule has 2 aromatic rings. The third-order valence-corrected chi connectivity index (χ3v) is 8.25. The zero-order valence-electron chi connectivity index (χ0n) is 16.9. The Balaban J connectivity index is 2.10. The van der Waals surface area contributed by atoms with E-state index in [1.807, 2.05) is 0 Å². The molecular formula is C19H24F2N2O5S2. The van der Waals surface area contributed by atoms with Crippen LogP contribution in [0.2, 0.25) is 0 Å². The summed E-state index contributed by atoms with van der Waals surface area (Å²) in [7, 11) is -5.21. The fourth-order valence-electron chi connectivity index (χ4n) is 2.70. The second-order valence-electron chi connectivity index (χ2n) is 6.49. The maximum Gasteiger partial charge on any atom is 0.242 e. The number of sulfonamides is 2. The molecule has 0 aliphatic carbocycles. The molecule has 2 aromatic carbocycles. The molecule has 0 N–H and O–H groups in total. The second kappa shape index (κ2) is 9.82. The van der Waals surface area contributed by atoms with Crippen LogP contribution in [0.3, 0.4) is 0 Å². The fourth-order valence-corrected chi connectivity index (χ4v) is 5.49. The molecule has 166 valence electrons. The van der Waals surface area contributed by atoms with Crippen LogP contribution >= 0.6 is 0 Å². The normalized spacial score (nSPS) is 12.5. The van der Waals surface area contributed by atoms with Crippen molar-refractivity contribution >= 4 is 20.0 Å². The van der Waals surface area contributed by atoms with E-state index < -0.39 is 37.4 Å². The van der Waals surface area contributed by atoms with E-state index in [0.29, 0.717) is 5.56 Å². The molecule has 0 aliphatic rings. The number of nitrogens with zero attached hydrogens (tertiary/aromatic N) is 2. The van der Waals surface area contributed by atoms with E-state index in [1.54, 1.807) is 13.0 Å². The van der Waals surface area contributed by atoms with E-state index in [2.05, 4.69) is 0 Å². The minimum Gasteiger partial charge on any atom is -0.494 e. The first kappa shape index (κ1) is 24.2. The number of methoxy groups -OCH3 is 1. The van der Waals surface area contributed by atoms with E-state index in [1.165, 1.54) is 26.3 Å². The first-order valence-electron chi connectivity index (χ1n) is 9.03. The van der Waals surface area contributed by atoms with Crippen molar-refractivity contribution < 1.29 is 30.4 Å². The topological polar surface area (TPSA) is 84.0 Å². The van der Waals surface area contributed by atoms with Crippen LogP contribution in [0.4, 0.5) is 8.78 Å². The fraction of sp³-hybridized carbons (Fsp3) is 0.368. The summed E-state index contributed by atoms with van der Waals surface area (Å²) in [5, 5.41) is 0. The van der Waals surface area contributed by atoms with E-state index in [9.17, 15) is 25.6 Å². The van der Waals surface area contributed by atoms with Crippen molar-refractivity contribution in [2.75, 3.05) is 33.0 Å². The van der Waals surface area contributed by atoms with E-state index in [0.717, 1.165) is 32.9 Å². The van der Waals surface area contributed by atoms with Gasteiger partial charge in [0.2, 0.25) is 20.0 Å². The molecule has 0 spiro atoms. The number of ether oxygens (including phenoxy) is 1. The van der Waals surface area contributed by atoms with Crippen LogP contribution in [-0.2, 0) is 26.6 Å². The summed E-state index contributed by atoms with van der Waals surface area (Å²) in [5.41, 5.74) is 0.436. The van der Waals surface area contributed by atoms with Gasteiger partial charge in [-0.3, -0.25) is 0 Å². The average molecular weight is 463 g/mol. The molecule has 0 saturated carbocycles. The summed E-state index contributed by atoms with van der Waals surface area (Å²) in [6, 6.07) is 8.44. The lowest BCUT2D eigenvalue weighted by Gasteiger charge is -2.23. The first-order valence-corrected chi connectivity index (χ1v) is 12.1. The number of rotatable bonds is 10. The van der Waals surface area contributed by atoms with Crippen LogP contribution < -0.4 is 4.74 Å². The molecule has 0 unspecified atom stereocenters. The second-order valence-corrected chi connectivity index (χ2v) is 10.6. The molecule has 0 fully saturated rings. The number of hydrogen-bond acceptors (Lipinski definition) is 5. The van der Waals surface area contributed by atoms with E-state index >= 15 is 0 Å². The van der Waals surface area contributed by atoms with Gasteiger partial charge in [0, 0.05) is 26.7 Å². The van der Waals surface area contributed by atoms with Gasteiger partial charge in [-0.1, -0.05) is 13.0 Å². The summed E-state index contributed by atoms with van der Waals surface area (Å²) >= 11 is 0. The Hall–Kier alpha value is -2.08. The minimum atomic E-state index is -3.96. The highest BCUT2D eigenvalue weighted by Gasteiger charge is 2.26. The van der Waals surface area contributed by atoms with Crippen LogP contribution in [0.25, 0.3) is 0 Å². The Bertz CT molecular complexity index is 1070. The SMILES string of the molecule is CCN(Cc1ccc(OC)c(F)c1)S(=O)(=O)CCN(C)S(=O)(=O)c1ccc(F)cc1. The molecular weight excluding hydrogens is 438 g/mol. The molecule has 0 bridgehead atoms. The largest absolute Gasteiger partial charge is 0.494 e. The van der Waals surface area contributed by atoms with Crippen molar-refractivity contribution in [3.05, 3.63) is 59.7 Å². The van der Waals surface area contributed by atoms with Crippen LogP contribution in [0.5, 0.6) is 5.75 Å². The molecule has 0 aromatic heterocycles. The molecule has 0 saturated heterocycles. The maximum absolute atomic E-state index is 13.9. The molecule has 0 radical (unpaired) electrons. The summed E-state index contributed by atoms with van der Waals surface area (Å²) in [5.74, 6) is -1.59. The van der Waals surface area contributed by atoms with Crippen molar-refractivity contribution in [2.45, 2.75) is 18.4 Å². The maximum atomic E-state index is 13.9. The summed E-state index contributed by atoms with van der Waals surface area (Å²) < 4.78 is 84.3. The predicted octanol–water partition coefficient (Wildman–Crippen LogP) is 2.45. The standard InChI is InChI=1S/C19H24F2N2O5S2/c1-4-23(14-15-5-10-19(28-3)18(21)13-15)29(24,25)12-11-22(2)30(26,27)17-8-6-16(20)7-9-17/h5-10,13H,4,11-12,14H2,1-3H3. The smallest absolute Gasteiger partial charge is 0.242 e. The Labute approximate surface area is 176 Å². The van der Waals surface area contributed by atoms with Gasteiger partial charge >= 0.3 is 0 Å². The summed E-state index contributed by atoms with van der Waals surface area (Å²) in [4.78, 5) is -0.134. The Morgan fingerprint density at radius 1 is 1.00 bits per heavy atom. The van der Waals surface area contributed by atoms with Gasteiger partial charge in [0.05, 0.1) is 17.8 Å². The van der Waals surface area contributed by atoms with Crippen LogP contribution in [0, 0.1) is 11.6 Å². The highest BCUT2D eigenvalue weighted by molar-refractivity contribution is 7.90. The van der Waals surface area contributed by atoms with E-state index in [-0.39, 0.29) is 30.3 Å². The van der Waals surface area contributed by atoms with Gasteiger partial charge in [-0.25, -0.2) is 25.6 Å². The Morgan fingerprint density at radius 2 is 1.63 bits per heavy atom. The third kappa shape index (κ3) is 5.75. The molecule has 0 aliphatic heterocycles. The molecule has 0 atom stereocenters. The van der Waals surface area contributed by atoms with Gasteiger partial charge in [-0.15, -0.1) is 0 Å². The molecule has 2 rings (SSSR count). The quantitative estimate of drug-likeness (QED) is 0.542. The minimum absolute atomic E-state index is 0.0530. The van der Waals surface area contributed by atoms with E-state index in [4.69, 9.17) is 4.74 Å². The van der Waals surface area contributed by atoms with Crippen molar-refractivity contribution in [3.8, 4) is 5.75 Å². The monoisotopic (exact) mass is 462 g/mol. The zero-order chi connectivity index (χ0) is 22.5. The van der Waals surface area contributed by atoms with Crippen molar-refractivity contribution in [1.29, 1.82) is 0 Å². The van der Waals surface area contributed by atoms with Gasteiger partial charge in [0.1, 0.15) is 5.82 Å². The molecule has 11 heteroatoms. The lowest BCUT2D eigenvalue weighted by molar-refractivity contribution is 0.384. The molecule has 0 amide bonds. The highest BCUT2D eigenvalue weighted by atomic mass is 32.2. The lowest BCUT2D eigenvalue weighted by atomic mass is 10.2. The number of halogens is 2. The van der Waals surface area contributed by atoms with Gasteiger partial charge in [0.15, 0.2) is 11.6 Å². The van der Waals surface area contributed by atoms with Gasteiger partial charge < -0.3 is 4.74 Å². The number of benzene rings is 2. The third-order valence-electron chi connectivity index (χ3n) is 4.51. The van der Waals surface area contributed by atoms with Crippen molar-refractivity contribution in [2.24, 2.45) is 0 Å². The van der Waals surface area contributed by atoms with Crippen LogP contribution in [0.1, 0.15) is 12.5 Å². The van der Waals surface area contributed by atoms with Crippen LogP contribution in [-0.4, -0.2) is 58.4 Å². The van der Waals surface area contributed by atoms with Crippen LogP contribution in [0.15, 0.2) is 47.4 Å². The van der Waals surface area contributed by atoms with Gasteiger partial charge in [-0.05, 0) is 42.0 Å². The Kier molecular flexibility index (Phi) is 7.92. The highest BCUT2D eigenvalue weighted by Crippen LogP contribution is 2.20. The predicted molar refractivity (Wildman–Crippen MR) is 109 cm³/mol. The zero-order valence-corrected chi connectivity index (χ0v) is 18.5. The molecule has 7 nitrogen and oxygen atoms in total. The van der Waals surface area contributed by atoms with Gasteiger partial charge in [0.25, 0.3) is 0 Å². The molecule has 0 heterocycles. The first-order chi connectivity index (χ1) is 14.0. The Morgan fingerprint density at radius 3 is 2.17 bits per heavy atom. The van der Waals surface area contributed by atoms with Crippen molar-refractivity contribution in [3.63, 3.8) is 0 Å². The molecule has 30 heavy (non-hydrogen) atoms.